The average molecular weight is 220 g/mol. The summed E-state index contributed by atoms with van der Waals surface area (Å²) in [5.41, 5.74) is 3.80. The zero-order chi connectivity index (χ0) is 11.9. The van der Waals surface area contributed by atoms with Crippen LogP contribution in [0.3, 0.4) is 0 Å². The van der Waals surface area contributed by atoms with Gasteiger partial charge in [-0.3, -0.25) is 0 Å². The highest BCUT2D eigenvalue weighted by molar-refractivity contribution is 5.58. The van der Waals surface area contributed by atoms with Crippen molar-refractivity contribution < 1.29 is 0 Å². The van der Waals surface area contributed by atoms with Gasteiger partial charge < -0.3 is 0 Å². The summed E-state index contributed by atoms with van der Waals surface area (Å²) >= 11 is 0. The lowest BCUT2D eigenvalue weighted by Gasteiger charge is -1.96. The Morgan fingerprint density at radius 3 is 2.12 bits per heavy atom. The van der Waals surface area contributed by atoms with Crippen molar-refractivity contribution in [1.82, 2.24) is 0 Å². The Bertz CT molecular complexity index is 519. The minimum absolute atomic E-state index is 1.22. The molecular weight excluding hydrogens is 204 g/mol. The normalized spacial score (nSPS) is 11.4. The molecule has 0 bridgehead atoms. The highest BCUT2D eigenvalue weighted by Crippen LogP contribution is 2.09. The van der Waals surface area contributed by atoms with E-state index in [1.807, 2.05) is 18.2 Å². The van der Waals surface area contributed by atoms with Crippen molar-refractivity contribution in [3.8, 4) is 0 Å². The Kier molecular flexibility index (Phi) is 3.93. The smallest absolute Gasteiger partial charge is 0.0227 e. The molecule has 0 fully saturated rings. The van der Waals surface area contributed by atoms with Crippen LogP contribution in [0.15, 0.2) is 66.7 Å². The van der Waals surface area contributed by atoms with Gasteiger partial charge in [0.2, 0.25) is 0 Å². The molecule has 0 saturated heterocycles. The molecule has 0 unspecified atom stereocenters. The maximum atomic E-state index is 2.13. The van der Waals surface area contributed by atoms with E-state index in [0.717, 1.165) is 0 Å². The zero-order valence-corrected chi connectivity index (χ0v) is 10.0. The third-order valence-corrected chi connectivity index (χ3v) is 2.66. The number of hydrogen-bond acceptors (Lipinski definition) is 0. The quantitative estimate of drug-likeness (QED) is 0.656. The number of aryl methyl sites for hydroxylation is 1. The predicted molar refractivity (Wildman–Crippen MR) is 75.7 cm³/mol. The van der Waals surface area contributed by atoms with Gasteiger partial charge >= 0.3 is 0 Å². The van der Waals surface area contributed by atoms with Crippen LogP contribution in [-0.4, -0.2) is 0 Å². The van der Waals surface area contributed by atoms with Crippen molar-refractivity contribution in [2.45, 2.75) is 6.92 Å². The largest absolute Gasteiger partial charge is 0.0622 e. The molecule has 0 aliphatic carbocycles. The molecule has 0 aliphatic heterocycles. The molecule has 17 heavy (non-hydrogen) atoms. The van der Waals surface area contributed by atoms with Gasteiger partial charge in [-0.1, -0.05) is 78.9 Å². The van der Waals surface area contributed by atoms with Crippen LogP contribution < -0.4 is 0 Å². The lowest BCUT2D eigenvalue weighted by atomic mass is 10.1. The van der Waals surface area contributed by atoms with E-state index in [1.54, 1.807) is 0 Å². The third kappa shape index (κ3) is 3.46. The molecule has 0 aromatic heterocycles. The summed E-state index contributed by atoms with van der Waals surface area (Å²) in [6, 6.07) is 18.7. The summed E-state index contributed by atoms with van der Waals surface area (Å²) in [4.78, 5) is 0. The summed E-state index contributed by atoms with van der Waals surface area (Å²) in [7, 11) is 0. The molecule has 0 heterocycles. The van der Waals surface area contributed by atoms with E-state index >= 15 is 0 Å². The lowest BCUT2D eigenvalue weighted by molar-refractivity contribution is 1.44. The standard InChI is InChI=1S/C17H16/c1-15-9-5-7-13-17(15)14-8-6-12-16-10-3-2-4-11-16/h2-14H,1H3/b12-6+,14-8?. The molecule has 2 aromatic carbocycles. The number of benzene rings is 2. The van der Waals surface area contributed by atoms with Crippen molar-refractivity contribution in [2.75, 3.05) is 0 Å². The molecule has 0 heteroatoms. The van der Waals surface area contributed by atoms with Crippen LogP contribution in [0.2, 0.25) is 0 Å². The van der Waals surface area contributed by atoms with E-state index in [0.29, 0.717) is 0 Å². The Morgan fingerprint density at radius 2 is 1.35 bits per heavy atom. The molecule has 0 N–H and O–H groups in total. The van der Waals surface area contributed by atoms with E-state index < -0.39 is 0 Å². The van der Waals surface area contributed by atoms with Gasteiger partial charge in [-0.2, -0.15) is 0 Å². The molecule has 0 nitrogen and oxygen atoms in total. The lowest BCUT2D eigenvalue weighted by Crippen LogP contribution is -1.76. The van der Waals surface area contributed by atoms with Crippen LogP contribution in [0, 0.1) is 6.92 Å². The van der Waals surface area contributed by atoms with Crippen molar-refractivity contribution in [2.24, 2.45) is 0 Å². The number of allylic oxidation sites excluding steroid dienone is 2. The Morgan fingerprint density at radius 1 is 0.706 bits per heavy atom. The molecular formula is C17H16. The average Bonchev–Trinajstić information content (AvgIpc) is 2.38. The van der Waals surface area contributed by atoms with Gasteiger partial charge in [-0.05, 0) is 23.6 Å². The fourth-order valence-corrected chi connectivity index (χ4v) is 1.66. The summed E-state index contributed by atoms with van der Waals surface area (Å²) < 4.78 is 0. The highest BCUT2D eigenvalue weighted by atomic mass is 13.9. The van der Waals surface area contributed by atoms with Crippen molar-refractivity contribution in [1.29, 1.82) is 0 Å². The van der Waals surface area contributed by atoms with Crippen LogP contribution in [0.4, 0.5) is 0 Å². The first-order valence-electron chi connectivity index (χ1n) is 5.82. The Labute approximate surface area is 103 Å². The first-order valence-corrected chi connectivity index (χ1v) is 5.82. The molecule has 2 rings (SSSR count). The second-order valence-corrected chi connectivity index (χ2v) is 3.99. The SMILES string of the molecule is Cc1ccccc1C=C/C=C/c1ccccc1. The van der Waals surface area contributed by atoms with Gasteiger partial charge in [-0.15, -0.1) is 0 Å². The molecule has 0 atom stereocenters. The Hall–Kier alpha value is -2.08. The second-order valence-electron chi connectivity index (χ2n) is 3.99. The summed E-state index contributed by atoms with van der Waals surface area (Å²) in [5.74, 6) is 0. The zero-order valence-electron chi connectivity index (χ0n) is 10.0. The summed E-state index contributed by atoms with van der Waals surface area (Å²) in [6.07, 6.45) is 8.39. The number of rotatable bonds is 3. The van der Waals surface area contributed by atoms with Gasteiger partial charge in [0, 0.05) is 0 Å². The van der Waals surface area contributed by atoms with Crippen molar-refractivity contribution in [3.63, 3.8) is 0 Å². The molecule has 0 spiro atoms. The minimum atomic E-state index is 1.22. The van der Waals surface area contributed by atoms with Gasteiger partial charge in [0.25, 0.3) is 0 Å². The van der Waals surface area contributed by atoms with Crippen LogP contribution in [-0.2, 0) is 0 Å². The molecule has 84 valence electrons. The number of hydrogen-bond donors (Lipinski definition) is 0. The first kappa shape index (κ1) is 11.4. The van der Waals surface area contributed by atoms with Gasteiger partial charge in [0.1, 0.15) is 0 Å². The fourth-order valence-electron chi connectivity index (χ4n) is 1.66. The van der Waals surface area contributed by atoms with E-state index in [1.165, 1.54) is 16.7 Å². The van der Waals surface area contributed by atoms with Crippen LogP contribution in [0.1, 0.15) is 16.7 Å². The van der Waals surface area contributed by atoms with Crippen LogP contribution >= 0.6 is 0 Å². The van der Waals surface area contributed by atoms with E-state index in [9.17, 15) is 0 Å². The molecule has 0 saturated carbocycles. The molecule has 0 aliphatic rings. The van der Waals surface area contributed by atoms with Crippen LogP contribution in [0.5, 0.6) is 0 Å². The monoisotopic (exact) mass is 220 g/mol. The molecule has 0 amide bonds. The fraction of sp³-hybridized carbons (Fsp3) is 0.0588. The van der Waals surface area contributed by atoms with Crippen molar-refractivity contribution in [3.05, 3.63) is 83.4 Å². The van der Waals surface area contributed by atoms with E-state index in [-0.39, 0.29) is 0 Å². The van der Waals surface area contributed by atoms with E-state index in [2.05, 4.69) is 67.6 Å². The van der Waals surface area contributed by atoms with Gasteiger partial charge in [0.05, 0.1) is 0 Å². The summed E-state index contributed by atoms with van der Waals surface area (Å²) in [5, 5.41) is 0. The predicted octanol–water partition coefficient (Wildman–Crippen LogP) is 4.72. The first-order chi connectivity index (χ1) is 8.36. The van der Waals surface area contributed by atoms with Crippen molar-refractivity contribution >= 4 is 12.2 Å². The van der Waals surface area contributed by atoms with Crippen LogP contribution in [0.25, 0.3) is 12.2 Å². The maximum absolute atomic E-state index is 2.13. The second kappa shape index (κ2) is 5.86. The van der Waals surface area contributed by atoms with Gasteiger partial charge in [0.15, 0.2) is 0 Å². The molecule has 0 radical (unpaired) electrons. The maximum Gasteiger partial charge on any atom is -0.0227 e. The molecule has 2 aromatic rings. The Balaban J connectivity index is 2.04. The topological polar surface area (TPSA) is 0 Å². The highest BCUT2D eigenvalue weighted by Gasteiger charge is 1.88. The summed E-state index contributed by atoms with van der Waals surface area (Å²) in [6.45, 7) is 2.13. The third-order valence-electron chi connectivity index (χ3n) is 2.66. The van der Waals surface area contributed by atoms with Gasteiger partial charge in [-0.25, -0.2) is 0 Å². The van der Waals surface area contributed by atoms with E-state index in [4.69, 9.17) is 0 Å². The minimum Gasteiger partial charge on any atom is -0.0622 e.